The number of fused-ring (bicyclic) bond motifs is 1. The lowest BCUT2D eigenvalue weighted by Crippen LogP contribution is -2.33. The first-order valence-corrected chi connectivity index (χ1v) is 7.13. The summed E-state index contributed by atoms with van der Waals surface area (Å²) in [7, 11) is 0. The average molecular weight is 310 g/mol. The molecule has 1 aliphatic heterocycles. The maximum Gasteiger partial charge on any atom is 0.281 e. The summed E-state index contributed by atoms with van der Waals surface area (Å²) < 4.78 is 8.30. The second-order valence-corrected chi connectivity index (χ2v) is 5.30. The number of rotatable bonds is 4. The van der Waals surface area contributed by atoms with Crippen LogP contribution in [0.3, 0.4) is 0 Å². The summed E-state index contributed by atoms with van der Waals surface area (Å²) in [5.74, 6) is 0. The van der Waals surface area contributed by atoms with Crippen LogP contribution in [-0.4, -0.2) is 59.3 Å². The standard InChI is InChI=1S/C13H18N4O5/c1-2-3-16-5-15-11-8(12(16)21)14-6-17(11)13-10(20)9(19)7(4-18)22-13/h5-7,9-10,13,18-20H,2-4H2,1H3/t7-,9-,10-,13-/m1/s1. The second kappa shape index (κ2) is 5.76. The van der Waals surface area contributed by atoms with Gasteiger partial charge >= 0.3 is 0 Å². The fourth-order valence-electron chi connectivity index (χ4n) is 2.64. The van der Waals surface area contributed by atoms with Gasteiger partial charge in [-0.05, 0) is 6.42 Å². The van der Waals surface area contributed by atoms with E-state index in [-0.39, 0.29) is 16.7 Å². The van der Waals surface area contributed by atoms with Crippen molar-refractivity contribution < 1.29 is 20.1 Å². The van der Waals surface area contributed by atoms with E-state index in [0.29, 0.717) is 6.54 Å². The Balaban J connectivity index is 2.03. The first-order chi connectivity index (χ1) is 10.6. The Morgan fingerprint density at radius 3 is 2.68 bits per heavy atom. The van der Waals surface area contributed by atoms with Crippen LogP contribution in [0.15, 0.2) is 17.4 Å². The van der Waals surface area contributed by atoms with Crippen LogP contribution in [0.1, 0.15) is 19.6 Å². The highest BCUT2D eigenvalue weighted by molar-refractivity contribution is 5.69. The van der Waals surface area contributed by atoms with Crippen molar-refractivity contribution in [3.63, 3.8) is 0 Å². The van der Waals surface area contributed by atoms with Gasteiger partial charge in [-0.2, -0.15) is 0 Å². The molecule has 3 rings (SSSR count). The summed E-state index contributed by atoms with van der Waals surface area (Å²) in [5.41, 5.74) is 0.179. The van der Waals surface area contributed by atoms with Crippen LogP contribution in [0.25, 0.3) is 11.2 Å². The van der Waals surface area contributed by atoms with E-state index in [4.69, 9.17) is 9.84 Å². The highest BCUT2D eigenvalue weighted by Gasteiger charge is 2.44. The average Bonchev–Trinajstić information content (AvgIpc) is 3.05. The van der Waals surface area contributed by atoms with E-state index in [0.717, 1.165) is 6.42 Å². The molecule has 1 aliphatic rings. The van der Waals surface area contributed by atoms with E-state index in [1.54, 1.807) is 0 Å². The fourth-order valence-corrected chi connectivity index (χ4v) is 2.64. The van der Waals surface area contributed by atoms with Crippen molar-refractivity contribution in [1.82, 2.24) is 19.1 Å². The lowest BCUT2D eigenvalue weighted by molar-refractivity contribution is -0.0511. The van der Waals surface area contributed by atoms with Gasteiger partial charge in [0.1, 0.15) is 24.6 Å². The van der Waals surface area contributed by atoms with Gasteiger partial charge in [0.2, 0.25) is 0 Å². The molecular formula is C13H18N4O5. The third-order valence-corrected chi connectivity index (χ3v) is 3.81. The summed E-state index contributed by atoms with van der Waals surface area (Å²) in [6.07, 6.45) is -0.738. The predicted octanol–water partition coefficient (Wildman–Crippen LogP) is -1.39. The van der Waals surface area contributed by atoms with Gasteiger partial charge in [0.15, 0.2) is 17.4 Å². The van der Waals surface area contributed by atoms with Gasteiger partial charge in [-0.3, -0.25) is 13.9 Å². The lowest BCUT2D eigenvalue weighted by atomic mass is 10.1. The molecule has 0 aliphatic carbocycles. The number of ether oxygens (including phenoxy) is 1. The topological polar surface area (TPSA) is 123 Å². The summed E-state index contributed by atoms with van der Waals surface area (Å²) in [4.78, 5) is 20.5. The molecule has 0 unspecified atom stereocenters. The molecule has 1 fully saturated rings. The number of hydrogen-bond donors (Lipinski definition) is 3. The van der Waals surface area contributed by atoms with Gasteiger partial charge in [0.25, 0.3) is 5.56 Å². The maximum atomic E-state index is 12.3. The Bertz CT molecular complexity index is 727. The first-order valence-electron chi connectivity index (χ1n) is 7.13. The highest BCUT2D eigenvalue weighted by atomic mass is 16.6. The molecule has 0 radical (unpaired) electrons. The van der Waals surface area contributed by atoms with Gasteiger partial charge in [-0.25, -0.2) is 9.97 Å². The summed E-state index contributed by atoms with van der Waals surface area (Å²) in [6.45, 7) is 2.08. The normalized spacial score (nSPS) is 28.5. The molecule has 9 nitrogen and oxygen atoms in total. The molecule has 120 valence electrons. The molecule has 0 amide bonds. The molecule has 3 heterocycles. The van der Waals surface area contributed by atoms with Gasteiger partial charge in [0, 0.05) is 6.54 Å². The maximum absolute atomic E-state index is 12.3. The number of nitrogens with zero attached hydrogens (tertiary/aromatic N) is 4. The summed E-state index contributed by atoms with van der Waals surface area (Å²) in [5, 5.41) is 29.0. The zero-order valence-electron chi connectivity index (χ0n) is 12.0. The molecular weight excluding hydrogens is 292 g/mol. The summed E-state index contributed by atoms with van der Waals surface area (Å²) >= 11 is 0. The predicted molar refractivity (Wildman–Crippen MR) is 75.1 cm³/mol. The Hall–Kier alpha value is -1.81. The highest BCUT2D eigenvalue weighted by Crippen LogP contribution is 2.30. The van der Waals surface area contributed by atoms with Crippen molar-refractivity contribution in [3.8, 4) is 0 Å². The van der Waals surface area contributed by atoms with E-state index in [9.17, 15) is 15.0 Å². The van der Waals surface area contributed by atoms with Gasteiger partial charge in [-0.15, -0.1) is 0 Å². The molecule has 0 saturated carbocycles. The van der Waals surface area contributed by atoms with Crippen molar-refractivity contribution in [1.29, 1.82) is 0 Å². The lowest BCUT2D eigenvalue weighted by Gasteiger charge is -2.16. The largest absolute Gasteiger partial charge is 0.394 e. The van der Waals surface area contributed by atoms with Crippen LogP contribution in [0, 0.1) is 0 Å². The van der Waals surface area contributed by atoms with E-state index < -0.39 is 31.1 Å². The van der Waals surface area contributed by atoms with Crippen molar-refractivity contribution in [3.05, 3.63) is 23.0 Å². The van der Waals surface area contributed by atoms with Crippen molar-refractivity contribution in [2.24, 2.45) is 0 Å². The molecule has 3 N–H and O–H groups in total. The fraction of sp³-hybridized carbons (Fsp3) is 0.615. The van der Waals surface area contributed by atoms with Crippen LogP contribution in [0.2, 0.25) is 0 Å². The number of hydrogen-bond acceptors (Lipinski definition) is 7. The monoisotopic (exact) mass is 310 g/mol. The Labute approximate surface area is 125 Å². The molecule has 1 saturated heterocycles. The molecule has 9 heteroatoms. The quantitative estimate of drug-likeness (QED) is 0.635. The van der Waals surface area contributed by atoms with Gasteiger partial charge in [0.05, 0.1) is 12.9 Å². The Kier molecular flexibility index (Phi) is 3.96. The first kappa shape index (κ1) is 15.1. The van der Waals surface area contributed by atoms with Crippen LogP contribution in [0.5, 0.6) is 0 Å². The van der Waals surface area contributed by atoms with Crippen molar-refractivity contribution in [2.45, 2.75) is 44.4 Å². The molecule has 0 spiro atoms. The van der Waals surface area contributed by atoms with Gasteiger partial charge in [-0.1, -0.05) is 6.92 Å². The van der Waals surface area contributed by atoms with Crippen LogP contribution < -0.4 is 5.56 Å². The van der Waals surface area contributed by atoms with E-state index >= 15 is 0 Å². The molecule has 0 aromatic carbocycles. The Morgan fingerprint density at radius 1 is 1.27 bits per heavy atom. The third-order valence-electron chi connectivity index (χ3n) is 3.81. The number of imidazole rings is 1. The van der Waals surface area contributed by atoms with Crippen molar-refractivity contribution >= 4 is 11.2 Å². The number of aromatic nitrogens is 4. The van der Waals surface area contributed by atoms with E-state index in [1.165, 1.54) is 21.8 Å². The Morgan fingerprint density at radius 2 is 2.05 bits per heavy atom. The molecule has 2 aromatic heterocycles. The number of aliphatic hydroxyl groups excluding tert-OH is 3. The van der Waals surface area contributed by atoms with Crippen LogP contribution in [0.4, 0.5) is 0 Å². The molecule has 0 bridgehead atoms. The molecule has 2 aromatic rings. The minimum atomic E-state index is -1.24. The van der Waals surface area contributed by atoms with E-state index in [2.05, 4.69) is 9.97 Å². The number of aliphatic hydroxyl groups is 3. The van der Waals surface area contributed by atoms with Crippen molar-refractivity contribution in [2.75, 3.05) is 6.61 Å². The SMILES string of the molecule is CCCn1cnc2c(ncn2[C@@H]2O[C@H](CO)[C@@H](O)[C@H]2O)c1=O. The second-order valence-electron chi connectivity index (χ2n) is 5.30. The zero-order chi connectivity index (χ0) is 15.9. The van der Waals surface area contributed by atoms with Crippen LogP contribution >= 0.6 is 0 Å². The zero-order valence-corrected chi connectivity index (χ0v) is 12.0. The third kappa shape index (κ3) is 2.22. The van der Waals surface area contributed by atoms with E-state index in [1.807, 2.05) is 6.92 Å². The summed E-state index contributed by atoms with van der Waals surface area (Å²) in [6, 6.07) is 0. The van der Waals surface area contributed by atoms with Crippen LogP contribution in [-0.2, 0) is 11.3 Å². The molecule has 4 atom stereocenters. The number of aryl methyl sites for hydroxylation is 1. The van der Waals surface area contributed by atoms with Gasteiger partial charge < -0.3 is 20.1 Å². The molecule has 22 heavy (non-hydrogen) atoms. The minimum absolute atomic E-state index is 0.175. The smallest absolute Gasteiger partial charge is 0.281 e. The minimum Gasteiger partial charge on any atom is -0.394 e.